The molecule has 1 unspecified atom stereocenters. The highest BCUT2D eigenvalue weighted by Crippen LogP contribution is 2.20. The van der Waals surface area contributed by atoms with Gasteiger partial charge in [-0.25, -0.2) is 15.0 Å². The second-order valence-corrected chi connectivity index (χ2v) is 6.67. The number of hydrogen-bond acceptors (Lipinski definition) is 7. The number of carbonyl (C=O) groups excluding carboxylic acids is 1. The molecule has 3 N–H and O–H groups in total. The SMILES string of the molecule is CCNCCCNc1cc(C(=O)NC(C)c2cnc(C)s2)ncn1. The van der Waals surface area contributed by atoms with Gasteiger partial charge in [-0.1, -0.05) is 6.92 Å². The smallest absolute Gasteiger partial charge is 0.270 e. The Bertz CT molecular complexity index is 660. The van der Waals surface area contributed by atoms with Crippen LogP contribution in [0, 0.1) is 6.92 Å². The minimum Gasteiger partial charge on any atom is -0.370 e. The van der Waals surface area contributed by atoms with E-state index in [0.29, 0.717) is 11.5 Å². The molecule has 24 heavy (non-hydrogen) atoms. The number of anilines is 1. The molecule has 0 aliphatic heterocycles. The summed E-state index contributed by atoms with van der Waals surface area (Å²) in [4.78, 5) is 25.8. The number of carbonyl (C=O) groups is 1. The number of nitrogens with zero attached hydrogens (tertiary/aromatic N) is 3. The van der Waals surface area contributed by atoms with Crippen LogP contribution >= 0.6 is 11.3 Å². The Morgan fingerprint density at radius 3 is 2.83 bits per heavy atom. The average Bonchev–Trinajstić information content (AvgIpc) is 3.01. The predicted octanol–water partition coefficient (Wildman–Crippen LogP) is 2.14. The molecule has 1 amide bonds. The van der Waals surface area contributed by atoms with Gasteiger partial charge >= 0.3 is 0 Å². The Balaban J connectivity index is 1.88. The van der Waals surface area contributed by atoms with Gasteiger partial charge in [0, 0.05) is 23.7 Å². The standard InChI is InChI=1S/C16H24N6OS/c1-4-17-6-5-7-18-15-8-13(20-10-21-15)16(23)22-11(2)14-9-19-12(3)24-14/h8-11,17H,4-7H2,1-3H3,(H,22,23)(H,18,20,21). The second-order valence-electron chi connectivity index (χ2n) is 5.40. The number of aryl methyl sites for hydroxylation is 1. The third-order valence-electron chi connectivity index (χ3n) is 3.40. The number of aromatic nitrogens is 3. The van der Waals surface area contributed by atoms with Gasteiger partial charge in [-0.3, -0.25) is 4.79 Å². The predicted molar refractivity (Wildman–Crippen MR) is 96.4 cm³/mol. The molecule has 0 aliphatic rings. The van der Waals surface area contributed by atoms with Crippen molar-refractivity contribution in [3.05, 3.63) is 34.2 Å². The minimum atomic E-state index is -0.216. The summed E-state index contributed by atoms with van der Waals surface area (Å²) < 4.78 is 0. The van der Waals surface area contributed by atoms with Crippen LogP contribution in [0.15, 0.2) is 18.6 Å². The zero-order valence-corrected chi connectivity index (χ0v) is 15.1. The highest BCUT2D eigenvalue weighted by Gasteiger charge is 2.15. The summed E-state index contributed by atoms with van der Waals surface area (Å²) >= 11 is 1.58. The molecule has 7 nitrogen and oxygen atoms in total. The Labute approximate surface area is 146 Å². The first-order valence-electron chi connectivity index (χ1n) is 8.10. The second kappa shape index (κ2) is 9.29. The van der Waals surface area contributed by atoms with E-state index >= 15 is 0 Å². The van der Waals surface area contributed by atoms with Crippen molar-refractivity contribution in [2.24, 2.45) is 0 Å². The van der Waals surface area contributed by atoms with E-state index in [0.717, 1.165) is 35.9 Å². The van der Waals surface area contributed by atoms with Crippen molar-refractivity contribution in [1.82, 2.24) is 25.6 Å². The van der Waals surface area contributed by atoms with Gasteiger partial charge in [-0.2, -0.15) is 0 Å². The maximum atomic E-state index is 12.3. The van der Waals surface area contributed by atoms with E-state index in [1.807, 2.05) is 13.8 Å². The number of amides is 1. The normalized spacial score (nSPS) is 12.0. The van der Waals surface area contributed by atoms with Crippen LogP contribution in [0.4, 0.5) is 5.82 Å². The fourth-order valence-electron chi connectivity index (χ4n) is 2.10. The molecular weight excluding hydrogens is 324 g/mol. The molecule has 0 aliphatic carbocycles. The number of hydrogen-bond donors (Lipinski definition) is 3. The number of rotatable bonds is 9. The highest BCUT2D eigenvalue weighted by atomic mass is 32.1. The third kappa shape index (κ3) is 5.54. The van der Waals surface area contributed by atoms with Crippen LogP contribution in [-0.4, -0.2) is 40.5 Å². The van der Waals surface area contributed by atoms with Gasteiger partial charge in [0.15, 0.2) is 0 Å². The van der Waals surface area contributed by atoms with Crippen LogP contribution in [0.3, 0.4) is 0 Å². The molecule has 0 spiro atoms. The van der Waals surface area contributed by atoms with E-state index in [4.69, 9.17) is 0 Å². The fraction of sp³-hybridized carbons (Fsp3) is 0.500. The first-order valence-corrected chi connectivity index (χ1v) is 8.91. The molecule has 0 saturated heterocycles. The van der Waals surface area contributed by atoms with Crippen molar-refractivity contribution in [1.29, 1.82) is 0 Å². The van der Waals surface area contributed by atoms with Crippen LogP contribution in [0.1, 0.15) is 46.7 Å². The maximum Gasteiger partial charge on any atom is 0.270 e. The molecule has 2 rings (SSSR count). The third-order valence-corrected chi connectivity index (χ3v) is 4.50. The molecule has 2 aromatic rings. The minimum absolute atomic E-state index is 0.102. The van der Waals surface area contributed by atoms with Crippen LogP contribution < -0.4 is 16.0 Å². The summed E-state index contributed by atoms with van der Waals surface area (Å²) in [6.45, 7) is 8.68. The molecule has 8 heteroatoms. The zero-order valence-electron chi connectivity index (χ0n) is 14.3. The largest absolute Gasteiger partial charge is 0.370 e. The Hall–Kier alpha value is -2.06. The van der Waals surface area contributed by atoms with Crippen molar-refractivity contribution in [3.63, 3.8) is 0 Å². The molecule has 0 saturated carbocycles. The summed E-state index contributed by atoms with van der Waals surface area (Å²) in [5.74, 6) is 0.444. The van der Waals surface area contributed by atoms with E-state index in [1.165, 1.54) is 6.33 Å². The summed E-state index contributed by atoms with van der Waals surface area (Å²) in [5.41, 5.74) is 0.354. The van der Waals surface area contributed by atoms with Gasteiger partial charge in [0.1, 0.15) is 17.8 Å². The van der Waals surface area contributed by atoms with Gasteiger partial charge in [-0.05, 0) is 33.4 Å². The highest BCUT2D eigenvalue weighted by molar-refractivity contribution is 7.11. The average molecular weight is 348 g/mol. The van der Waals surface area contributed by atoms with Gasteiger partial charge < -0.3 is 16.0 Å². The van der Waals surface area contributed by atoms with Crippen LogP contribution in [0.5, 0.6) is 0 Å². The van der Waals surface area contributed by atoms with Crippen LogP contribution in [0.2, 0.25) is 0 Å². The fourth-order valence-corrected chi connectivity index (χ4v) is 2.89. The van der Waals surface area contributed by atoms with Crippen molar-refractivity contribution < 1.29 is 4.79 Å². The van der Waals surface area contributed by atoms with Crippen molar-refractivity contribution in [2.75, 3.05) is 25.0 Å². The molecule has 0 bridgehead atoms. The summed E-state index contributed by atoms with van der Waals surface area (Å²) in [5, 5.41) is 10.4. The van der Waals surface area contributed by atoms with E-state index in [1.54, 1.807) is 23.6 Å². The lowest BCUT2D eigenvalue weighted by molar-refractivity contribution is 0.0935. The van der Waals surface area contributed by atoms with Gasteiger partial charge in [-0.15, -0.1) is 11.3 Å². The Morgan fingerprint density at radius 1 is 1.29 bits per heavy atom. The number of thiazole rings is 1. The Morgan fingerprint density at radius 2 is 2.12 bits per heavy atom. The molecule has 2 heterocycles. The molecule has 1 atom stereocenters. The van der Waals surface area contributed by atoms with Gasteiger partial charge in [0.05, 0.1) is 11.0 Å². The quantitative estimate of drug-likeness (QED) is 0.601. The van der Waals surface area contributed by atoms with E-state index in [2.05, 4.69) is 37.8 Å². The van der Waals surface area contributed by atoms with Crippen LogP contribution in [0.25, 0.3) is 0 Å². The Kier molecular flexibility index (Phi) is 7.07. The summed E-state index contributed by atoms with van der Waals surface area (Å²) in [6.07, 6.45) is 4.19. The molecule has 2 aromatic heterocycles. The lowest BCUT2D eigenvalue weighted by Crippen LogP contribution is -2.27. The molecular formula is C16H24N6OS. The lowest BCUT2D eigenvalue weighted by Gasteiger charge is -2.12. The molecule has 0 aromatic carbocycles. The maximum absolute atomic E-state index is 12.3. The first kappa shape index (κ1) is 18.3. The number of nitrogens with one attached hydrogen (secondary N) is 3. The van der Waals surface area contributed by atoms with Crippen molar-refractivity contribution in [2.45, 2.75) is 33.2 Å². The van der Waals surface area contributed by atoms with Gasteiger partial charge in [0.25, 0.3) is 5.91 Å². The van der Waals surface area contributed by atoms with Gasteiger partial charge in [0.2, 0.25) is 0 Å². The summed E-state index contributed by atoms with van der Waals surface area (Å²) in [6, 6.07) is 1.57. The topological polar surface area (TPSA) is 91.8 Å². The lowest BCUT2D eigenvalue weighted by atomic mass is 10.2. The molecule has 0 fully saturated rings. The first-order chi connectivity index (χ1) is 11.6. The molecule has 130 valence electrons. The zero-order chi connectivity index (χ0) is 17.4. The van der Waals surface area contributed by atoms with Crippen molar-refractivity contribution in [3.8, 4) is 0 Å². The van der Waals surface area contributed by atoms with E-state index < -0.39 is 0 Å². The van der Waals surface area contributed by atoms with E-state index in [-0.39, 0.29) is 11.9 Å². The van der Waals surface area contributed by atoms with Crippen molar-refractivity contribution >= 4 is 23.1 Å². The summed E-state index contributed by atoms with van der Waals surface area (Å²) in [7, 11) is 0. The van der Waals surface area contributed by atoms with Crippen LogP contribution in [-0.2, 0) is 0 Å². The van der Waals surface area contributed by atoms with E-state index in [9.17, 15) is 4.79 Å². The molecule has 0 radical (unpaired) electrons. The monoisotopic (exact) mass is 348 g/mol.